The number of fused-ring (bicyclic) bond motifs is 1. The molecule has 3 aromatic rings. The van der Waals surface area contributed by atoms with Crippen molar-refractivity contribution < 1.29 is 9.59 Å². The summed E-state index contributed by atoms with van der Waals surface area (Å²) in [6.07, 6.45) is 3.06. The highest BCUT2D eigenvalue weighted by Gasteiger charge is 2.33. The Morgan fingerprint density at radius 3 is 2.63 bits per heavy atom. The van der Waals surface area contributed by atoms with Gasteiger partial charge in [-0.15, -0.1) is 0 Å². The van der Waals surface area contributed by atoms with Crippen LogP contribution in [0.4, 0.5) is 10.6 Å². The summed E-state index contributed by atoms with van der Waals surface area (Å²) in [5, 5.41) is 9.65. The van der Waals surface area contributed by atoms with Crippen molar-refractivity contribution in [2.75, 3.05) is 31.6 Å². The van der Waals surface area contributed by atoms with Crippen LogP contribution in [0.25, 0.3) is 22.4 Å². The first-order valence-electron chi connectivity index (χ1n) is 11.7. The van der Waals surface area contributed by atoms with Crippen LogP contribution in [0.15, 0.2) is 36.5 Å². The van der Waals surface area contributed by atoms with E-state index in [4.69, 9.17) is 21.7 Å². The van der Waals surface area contributed by atoms with Crippen LogP contribution >= 0.6 is 0 Å². The van der Waals surface area contributed by atoms with Crippen molar-refractivity contribution in [1.29, 1.82) is 5.26 Å². The first kappa shape index (κ1) is 24.2. The fourth-order valence-corrected chi connectivity index (χ4v) is 4.68. The first-order valence-corrected chi connectivity index (χ1v) is 11.7. The Labute approximate surface area is 204 Å². The Balaban J connectivity index is 1.77. The minimum Gasteiger partial charge on any atom is -0.354 e. The molecule has 4 N–H and O–H groups in total. The van der Waals surface area contributed by atoms with Gasteiger partial charge in [0.25, 0.3) is 0 Å². The van der Waals surface area contributed by atoms with Crippen molar-refractivity contribution in [2.24, 2.45) is 17.4 Å². The third-order valence-corrected chi connectivity index (χ3v) is 6.74. The average molecular weight is 475 g/mol. The van der Waals surface area contributed by atoms with Crippen LogP contribution in [0, 0.1) is 17.2 Å². The molecule has 1 aliphatic rings. The predicted molar refractivity (Wildman–Crippen MR) is 133 cm³/mol. The Kier molecular flexibility index (Phi) is 6.98. The monoisotopic (exact) mass is 474 g/mol. The van der Waals surface area contributed by atoms with Gasteiger partial charge in [0.1, 0.15) is 12.2 Å². The molecule has 4 rings (SSSR count). The molecule has 10 heteroatoms. The van der Waals surface area contributed by atoms with Gasteiger partial charge in [-0.05, 0) is 36.9 Å². The largest absolute Gasteiger partial charge is 0.354 e. The van der Waals surface area contributed by atoms with Crippen LogP contribution in [0.2, 0.25) is 0 Å². The molecule has 0 bridgehead atoms. The average Bonchev–Trinajstić information content (AvgIpc) is 3.28. The standard InChI is InChI=1S/C25H30N8O2/c1-16-9-13-32(21(34)8-12-27)15-20(16)31(2)23-19-10-14-33(25(28)35)24(19)30-22(29-23)18-5-3-17(4-6-18)7-11-26/h3-6,10,14,16,20H,7-9,11,13,15,26H2,1-2H3,(H2,28,35)/t16-,20+/m1/s1. The lowest BCUT2D eigenvalue weighted by atomic mass is 9.92. The second-order valence-corrected chi connectivity index (χ2v) is 8.99. The Morgan fingerprint density at radius 2 is 1.97 bits per heavy atom. The maximum absolute atomic E-state index is 12.4. The zero-order chi connectivity index (χ0) is 25.1. The number of aromatic nitrogens is 3. The van der Waals surface area contributed by atoms with Crippen LogP contribution in [0.3, 0.4) is 0 Å². The summed E-state index contributed by atoms with van der Waals surface area (Å²) in [6.45, 7) is 3.83. The third kappa shape index (κ3) is 4.81. The molecule has 1 saturated heterocycles. The van der Waals surface area contributed by atoms with E-state index in [1.807, 2.05) is 37.4 Å². The second kappa shape index (κ2) is 10.1. The zero-order valence-electron chi connectivity index (χ0n) is 20.0. The highest BCUT2D eigenvalue weighted by molar-refractivity contribution is 5.95. The number of carbonyl (C=O) groups excluding carboxylic acids is 2. The highest BCUT2D eigenvalue weighted by atomic mass is 16.2. The molecular formula is C25H30N8O2. The van der Waals surface area contributed by atoms with Gasteiger partial charge in [-0.3, -0.25) is 9.36 Å². The van der Waals surface area contributed by atoms with Crippen LogP contribution in [0.1, 0.15) is 25.3 Å². The molecule has 2 amide bonds. The van der Waals surface area contributed by atoms with E-state index in [1.165, 1.54) is 4.57 Å². The van der Waals surface area contributed by atoms with Crippen molar-refractivity contribution in [3.05, 3.63) is 42.1 Å². The summed E-state index contributed by atoms with van der Waals surface area (Å²) < 4.78 is 1.31. The lowest BCUT2D eigenvalue weighted by Crippen LogP contribution is -2.52. The number of likely N-dealkylation sites (tertiary alicyclic amines) is 1. The summed E-state index contributed by atoms with van der Waals surface area (Å²) in [4.78, 5) is 37.9. The van der Waals surface area contributed by atoms with Crippen molar-refractivity contribution in [3.8, 4) is 17.5 Å². The molecule has 0 spiro atoms. The number of rotatable bonds is 6. The zero-order valence-corrected chi connectivity index (χ0v) is 20.0. The number of nitriles is 1. The number of primary amides is 1. The van der Waals surface area contributed by atoms with Crippen molar-refractivity contribution in [2.45, 2.75) is 32.2 Å². The number of hydrogen-bond acceptors (Lipinski definition) is 7. The van der Waals surface area contributed by atoms with E-state index in [0.717, 1.165) is 24.0 Å². The summed E-state index contributed by atoms with van der Waals surface area (Å²) >= 11 is 0. The van der Waals surface area contributed by atoms with Gasteiger partial charge in [0.15, 0.2) is 11.5 Å². The van der Waals surface area contributed by atoms with Gasteiger partial charge in [0.2, 0.25) is 5.91 Å². The fraction of sp³-hybridized carbons (Fsp3) is 0.400. The van der Waals surface area contributed by atoms with E-state index in [0.29, 0.717) is 42.3 Å². The maximum Gasteiger partial charge on any atom is 0.324 e. The Bertz CT molecular complexity index is 1280. The minimum absolute atomic E-state index is 0.0267. The van der Waals surface area contributed by atoms with Crippen LogP contribution in [-0.4, -0.2) is 64.1 Å². The van der Waals surface area contributed by atoms with Gasteiger partial charge >= 0.3 is 6.03 Å². The molecule has 0 aliphatic carbocycles. The Morgan fingerprint density at radius 1 is 1.23 bits per heavy atom. The summed E-state index contributed by atoms with van der Waals surface area (Å²) in [7, 11) is 1.94. The van der Waals surface area contributed by atoms with Crippen LogP contribution in [-0.2, 0) is 11.2 Å². The number of nitrogens with zero attached hydrogens (tertiary/aromatic N) is 6. The molecule has 35 heavy (non-hydrogen) atoms. The first-order chi connectivity index (χ1) is 16.8. The summed E-state index contributed by atoms with van der Waals surface area (Å²) in [6, 6.07) is 11.0. The van der Waals surface area contributed by atoms with E-state index in [9.17, 15) is 9.59 Å². The molecule has 2 aromatic heterocycles. The number of carbonyl (C=O) groups is 2. The van der Waals surface area contributed by atoms with E-state index in [-0.39, 0.29) is 24.3 Å². The molecule has 1 aromatic carbocycles. The molecular weight excluding hydrogens is 444 g/mol. The molecule has 2 atom stereocenters. The number of piperidine rings is 1. The summed E-state index contributed by atoms with van der Waals surface area (Å²) in [5.41, 5.74) is 13.6. The molecule has 0 saturated carbocycles. The predicted octanol–water partition coefficient (Wildman–Crippen LogP) is 2.11. The van der Waals surface area contributed by atoms with E-state index in [2.05, 4.69) is 16.8 Å². The molecule has 0 unspecified atom stereocenters. The molecule has 0 radical (unpaired) electrons. The number of anilines is 1. The SMILES string of the molecule is C[C@@H]1CCN(C(=O)CC#N)C[C@@H]1N(C)c1nc(-c2ccc(CCN)cc2)nc2c1ccn2C(N)=O. The number of hydrogen-bond donors (Lipinski definition) is 2. The van der Waals surface area contributed by atoms with Crippen molar-refractivity contribution >= 4 is 28.8 Å². The van der Waals surface area contributed by atoms with Gasteiger partial charge < -0.3 is 21.3 Å². The quantitative estimate of drug-likeness (QED) is 0.556. The topological polar surface area (TPSA) is 147 Å². The lowest BCUT2D eigenvalue weighted by molar-refractivity contribution is -0.131. The smallest absolute Gasteiger partial charge is 0.324 e. The van der Waals surface area contributed by atoms with Crippen LogP contribution in [0.5, 0.6) is 0 Å². The van der Waals surface area contributed by atoms with E-state index in [1.54, 1.807) is 17.2 Å². The van der Waals surface area contributed by atoms with E-state index < -0.39 is 6.03 Å². The molecule has 3 heterocycles. The number of benzene rings is 1. The van der Waals surface area contributed by atoms with Gasteiger partial charge in [-0.1, -0.05) is 31.2 Å². The van der Waals surface area contributed by atoms with Gasteiger partial charge in [0.05, 0.1) is 17.5 Å². The minimum atomic E-state index is -0.629. The maximum atomic E-state index is 12.4. The fourth-order valence-electron chi connectivity index (χ4n) is 4.68. The van der Waals surface area contributed by atoms with Gasteiger partial charge in [0, 0.05) is 31.9 Å². The second-order valence-electron chi connectivity index (χ2n) is 8.99. The van der Waals surface area contributed by atoms with Gasteiger partial charge in [-0.2, -0.15) is 5.26 Å². The highest BCUT2D eigenvalue weighted by Crippen LogP contribution is 2.32. The van der Waals surface area contributed by atoms with E-state index >= 15 is 0 Å². The number of nitrogens with two attached hydrogens (primary N) is 2. The van der Waals surface area contributed by atoms with Crippen LogP contribution < -0.4 is 16.4 Å². The lowest BCUT2D eigenvalue weighted by Gasteiger charge is -2.42. The third-order valence-electron chi connectivity index (χ3n) is 6.74. The number of likely N-dealkylation sites (N-methyl/N-ethyl adjacent to an activating group) is 1. The molecule has 1 aliphatic heterocycles. The Hall–Kier alpha value is -3.97. The normalized spacial score (nSPS) is 17.8. The molecule has 10 nitrogen and oxygen atoms in total. The molecule has 182 valence electrons. The number of amides is 2. The summed E-state index contributed by atoms with van der Waals surface area (Å²) in [5.74, 6) is 1.25. The molecule has 1 fully saturated rings. The van der Waals surface area contributed by atoms with Gasteiger partial charge in [-0.25, -0.2) is 14.8 Å². The van der Waals surface area contributed by atoms with Crippen molar-refractivity contribution in [1.82, 2.24) is 19.4 Å². The van der Waals surface area contributed by atoms with Crippen molar-refractivity contribution in [3.63, 3.8) is 0 Å².